The monoisotopic (exact) mass is 308 g/mol. The molecular weight excluding hydrogens is 288 g/mol. The van der Waals surface area contributed by atoms with Crippen molar-refractivity contribution in [1.82, 2.24) is 9.80 Å². The minimum absolute atomic E-state index is 0.784. The highest BCUT2D eigenvalue weighted by molar-refractivity contribution is 9.10. The highest BCUT2D eigenvalue weighted by Gasteiger charge is 2.43. The van der Waals surface area contributed by atoms with Gasteiger partial charge in [0.1, 0.15) is 0 Å². The maximum Gasteiger partial charge on any atom is 0.0175 e. The summed E-state index contributed by atoms with van der Waals surface area (Å²) in [6.45, 7) is 8.48. The molecule has 2 fully saturated rings. The molecule has 0 bridgehead atoms. The highest BCUT2D eigenvalue weighted by atomic mass is 79.9. The summed E-state index contributed by atoms with van der Waals surface area (Å²) in [6, 6.07) is 9.69. The van der Waals surface area contributed by atoms with Crippen LogP contribution in [0.2, 0.25) is 0 Å². The third-order valence-electron chi connectivity index (χ3n) is 4.38. The predicted octanol–water partition coefficient (Wildman–Crippen LogP) is 2.94. The van der Waals surface area contributed by atoms with Crippen molar-refractivity contribution in [1.29, 1.82) is 0 Å². The van der Waals surface area contributed by atoms with Crippen molar-refractivity contribution in [3.63, 3.8) is 0 Å². The minimum atomic E-state index is 0.784. The Morgan fingerprint density at radius 3 is 2.39 bits per heavy atom. The number of nitrogens with zero attached hydrogens (tertiary/aromatic N) is 2. The van der Waals surface area contributed by atoms with Gasteiger partial charge in [-0.25, -0.2) is 0 Å². The van der Waals surface area contributed by atoms with E-state index in [9.17, 15) is 0 Å². The summed E-state index contributed by atoms with van der Waals surface area (Å²) in [7, 11) is 0. The average Bonchev–Trinajstić information content (AvgIpc) is 3.20. The highest BCUT2D eigenvalue weighted by Crippen LogP contribution is 2.45. The maximum atomic E-state index is 3.51. The maximum absolute atomic E-state index is 3.51. The van der Waals surface area contributed by atoms with Gasteiger partial charge in [-0.1, -0.05) is 35.0 Å². The topological polar surface area (TPSA) is 6.48 Å². The summed E-state index contributed by atoms with van der Waals surface area (Å²) < 4.78 is 1.18. The van der Waals surface area contributed by atoms with Gasteiger partial charge in [0.2, 0.25) is 0 Å². The molecule has 2 aliphatic rings. The molecule has 2 nitrogen and oxygen atoms in total. The molecule has 0 radical (unpaired) electrons. The van der Waals surface area contributed by atoms with Gasteiger partial charge in [0, 0.05) is 42.6 Å². The first-order valence-corrected chi connectivity index (χ1v) is 7.79. The van der Waals surface area contributed by atoms with Gasteiger partial charge < -0.3 is 4.90 Å². The van der Waals surface area contributed by atoms with E-state index < -0.39 is 0 Å². The smallest absolute Gasteiger partial charge is 0.0175 e. The second-order valence-electron chi connectivity index (χ2n) is 5.43. The number of halogens is 1. The fourth-order valence-electron chi connectivity index (χ4n) is 3.06. The van der Waals surface area contributed by atoms with E-state index in [4.69, 9.17) is 0 Å². The third-order valence-corrected chi connectivity index (χ3v) is 4.91. The summed E-state index contributed by atoms with van der Waals surface area (Å²) in [5.74, 6) is 0.784. The standard InChI is InChI=1S/C15H21BrN2/c1-2-17-7-9-18(10-8-17)15-11-14(15)12-3-5-13(16)6-4-12/h3-6,14-15H,2,7-11H2,1H3. The van der Waals surface area contributed by atoms with Crippen LogP contribution in [0.5, 0.6) is 0 Å². The van der Waals surface area contributed by atoms with Crippen LogP contribution in [0, 0.1) is 0 Å². The van der Waals surface area contributed by atoms with Crippen molar-refractivity contribution in [3.05, 3.63) is 34.3 Å². The largest absolute Gasteiger partial charge is 0.301 e. The summed E-state index contributed by atoms with van der Waals surface area (Å²) in [6.07, 6.45) is 1.35. The van der Waals surface area contributed by atoms with E-state index in [2.05, 4.69) is 56.9 Å². The lowest BCUT2D eigenvalue weighted by Gasteiger charge is -2.34. The van der Waals surface area contributed by atoms with Crippen LogP contribution < -0.4 is 0 Å². The van der Waals surface area contributed by atoms with Gasteiger partial charge in [-0.15, -0.1) is 0 Å². The van der Waals surface area contributed by atoms with Crippen LogP contribution in [-0.4, -0.2) is 48.6 Å². The lowest BCUT2D eigenvalue weighted by Crippen LogP contribution is -2.47. The van der Waals surface area contributed by atoms with E-state index in [1.165, 1.54) is 49.2 Å². The number of likely N-dealkylation sites (N-methyl/N-ethyl adjacent to an activating group) is 1. The van der Waals surface area contributed by atoms with Gasteiger partial charge in [-0.05, 0) is 30.7 Å². The third kappa shape index (κ3) is 2.63. The molecule has 3 rings (SSSR count). The SMILES string of the molecule is CCN1CCN(C2CC2c2ccc(Br)cc2)CC1. The molecule has 1 aromatic carbocycles. The van der Waals surface area contributed by atoms with Crippen LogP contribution in [0.3, 0.4) is 0 Å². The molecule has 0 spiro atoms. The lowest BCUT2D eigenvalue weighted by atomic mass is 10.1. The predicted molar refractivity (Wildman–Crippen MR) is 79.0 cm³/mol. The van der Waals surface area contributed by atoms with E-state index in [1.54, 1.807) is 0 Å². The van der Waals surface area contributed by atoms with Crippen molar-refractivity contribution in [2.75, 3.05) is 32.7 Å². The van der Waals surface area contributed by atoms with Gasteiger partial charge in [-0.2, -0.15) is 0 Å². The second-order valence-corrected chi connectivity index (χ2v) is 6.35. The van der Waals surface area contributed by atoms with Crippen LogP contribution in [0.25, 0.3) is 0 Å². The van der Waals surface area contributed by atoms with Gasteiger partial charge in [0.15, 0.2) is 0 Å². The molecule has 1 saturated heterocycles. The molecular formula is C15H21BrN2. The first-order valence-electron chi connectivity index (χ1n) is 7.00. The molecule has 1 heterocycles. The van der Waals surface area contributed by atoms with Crippen LogP contribution in [0.15, 0.2) is 28.7 Å². The molecule has 98 valence electrons. The summed E-state index contributed by atoms with van der Waals surface area (Å²) in [5.41, 5.74) is 1.51. The fraction of sp³-hybridized carbons (Fsp3) is 0.600. The van der Waals surface area contributed by atoms with Crippen molar-refractivity contribution < 1.29 is 0 Å². The van der Waals surface area contributed by atoms with E-state index >= 15 is 0 Å². The molecule has 2 atom stereocenters. The number of benzene rings is 1. The Morgan fingerprint density at radius 1 is 1.11 bits per heavy atom. The van der Waals surface area contributed by atoms with Gasteiger partial charge in [0.25, 0.3) is 0 Å². The van der Waals surface area contributed by atoms with Crippen LogP contribution in [0.1, 0.15) is 24.8 Å². The van der Waals surface area contributed by atoms with Crippen molar-refractivity contribution >= 4 is 15.9 Å². The van der Waals surface area contributed by atoms with Gasteiger partial charge in [0.05, 0.1) is 0 Å². The molecule has 18 heavy (non-hydrogen) atoms. The quantitative estimate of drug-likeness (QED) is 0.847. The molecule has 1 aliphatic heterocycles. The van der Waals surface area contributed by atoms with Crippen molar-refractivity contribution in [2.45, 2.75) is 25.3 Å². The van der Waals surface area contributed by atoms with E-state index in [0.29, 0.717) is 0 Å². The minimum Gasteiger partial charge on any atom is -0.301 e. The van der Waals surface area contributed by atoms with Gasteiger partial charge in [-0.3, -0.25) is 4.90 Å². The number of rotatable bonds is 3. The molecule has 1 aromatic rings. The number of hydrogen-bond donors (Lipinski definition) is 0. The van der Waals surface area contributed by atoms with Crippen molar-refractivity contribution in [2.24, 2.45) is 0 Å². The first kappa shape index (κ1) is 12.6. The Morgan fingerprint density at radius 2 is 1.78 bits per heavy atom. The number of piperazine rings is 1. The zero-order valence-electron chi connectivity index (χ0n) is 11.0. The average molecular weight is 309 g/mol. The summed E-state index contributed by atoms with van der Waals surface area (Å²) in [5, 5.41) is 0. The lowest BCUT2D eigenvalue weighted by molar-refractivity contribution is 0.129. The summed E-state index contributed by atoms with van der Waals surface area (Å²) >= 11 is 3.51. The zero-order chi connectivity index (χ0) is 12.5. The van der Waals surface area contributed by atoms with Crippen LogP contribution in [0.4, 0.5) is 0 Å². The normalized spacial score (nSPS) is 29.4. The molecule has 0 aromatic heterocycles. The Labute approximate surface area is 118 Å². The number of hydrogen-bond acceptors (Lipinski definition) is 2. The Hall–Kier alpha value is -0.380. The van der Waals surface area contributed by atoms with Crippen molar-refractivity contribution in [3.8, 4) is 0 Å². The first-order chi connectivity index (χ1) is 8.78. The molecule has 0 amide bonds. The molecule has 2 unspecified atom stereocenters. The summed E-state index contributed by atoms with van der Waals surface area (Å²) in [4.78, 5) is 5.24. The van der Waals surface area contributed by atoms with Crippen LogP contribution in [-0.2, 0) is 0 Å². The van der Waals surface area contributed by atoms with Crippen LogP contribution >= 0.6 is 15.9 Å². The molecule has 3 heteroatoms. The van der Waals surface area contributed by atoms with E-state index in [0.717, 1.165) is 12.0 Å². The molecule has 0 N–H and O–H groups in total. The van der Waals surface area contributed by atoms with E-state index in [1.807, 2.05) is 0 Å². The Kier molecular flexibility index (Phi) is 3.73. The Balaban J connectivity index is 1.56. The molecule has 1 saturated carbocycles. The Bertz CT molecular complexity index is 395. The zero-order valence-corrected chi connectivity index (χ0v) is 12.6. The molecule has 1 aliphatic carbocycles. The second kappa shape index (κ2) is 5.32. The fourth-order valence-corrected chi connectivity index (χ4v) is 3.33. The van der Waals surface area contributed by atoms with E-state index in [-0.39, 0.29) is 0 Å². The van der Waals surface area contributed by atoms with Gasteiger partial charge >= 0.3 is 0 Å².